The second-order valence-electron chi connectivity index (χ2n) is 16.4. The average molecular weight is 825 g/mol. The lowest BCUT2D eigenvalue weighted by molar-refractivity contribution is 0.0200. The van der Waals surface area contributed by atoms with Gasteiger partial charge >= 0.3 is 6.09 Å². The molecule has 16 heteroatoms. The Labute approximate surface area is 346 Å². The fourth-order valence-corrected chi connectivity index (χ4v) is 5.79. The second kappa shape index (κ2) is 19.8. The van der Waals surface area contributed by atoms with Crippen LogP contribution in [0.4, 0.5) is 16.4 Å². The predicted octanol–water partition coefficient (Wildman–Crippen LogP) is 9.06. The Bertz CT molecular complexity index is 1970. The van der Waals surface area contributed by atoms with Crippen LogP contribution >= 0.6 is 11.3 Å². The first-order chi connectivity index (χ1) is 27.0. The Morgan fingerprint density at radius 1 is 0.776 bits per heavy atom. The van der Waals surface area contributed by atoms with E-state index in [4.69, 9.17) is 28.4 Å². The van der Waals surface area contributed by atoms with Crippen LogP contribution in [0.15, 0.2) is 41.8 Å². The summed E-state index contributed by atoms with van der Waals surface area (Å²) in [5.41, 5.74) is 1.75. The van der Waals surface area contributed by atoms with E-state index in [0.29, 0.717) is 30.3 Å². The summed E-state index contributed by atoms with van der Waals surface area (Å²) in [5.74, 6) is 1.55. The lowest BCUT2D eigenvalue weighted by Crippen LogP contribution is -2.43. The topological polar surface area (TPSA) is 176 Å². The maximum atomic E-state index is 13.2. The van der Waals surface area contributed by atoms with Gasteiger partial charge in [0, 0.05) is 24.5 Å². The van der Waals surface area contributed by atoms with Gasteiger partial charge in [0.25, 0.3) is 11.1 Å². The minimum Gasteiger partial charge on any atom is -0.504 e. The summed E-state index contributed by atoms with van der Waals surface area (Å²) in [6.07, 6.45) is -0.415. The SMILES string of the molecule is COc1ccc(C(C)(C)C)cc1O.COc1ccc(C(C)(C)C)cc1Oc1nc(C(=O)Nc2c(OC)nc(NCCN(C(=O)OC(C)(C)C)C(C)C)nc2OC)cs1. The minimum atomic E-state index is -0.611. The quantitative estimate of drug-likeness (QED) is 0.117. The highest BCUT2D eigenvalue weighted by Crippen LogP contribution is 2.38. The molecule has 0 unspecified atom stereocenters. The first kappa shape index (κ1) is 46.9. The van der Waals surface area contributed by atoms with Crippen LogP contribution in [0, 0.1) is 0 Å². The monoisotopic (exact) mass is 824 g/mol. The Balaban J connectivity index is 0.000000586. The highest BCUT2D eigenvalue weighted by molar-refractivity contribution is 7.11. The number of hydrogen-bond acceptors (Lipinski definition) is 14. The molecular formula is C42H60N6O9S. The van der Waals surface area contributed by atoms with Crippen molar-refractivity contribution in [1.29, 1.82) is 0 Å². The number of amides is 2. The zero-order valence-corrected chi connectivity index (χ0v) is 37.3. The van der Waals surface area contributed by atoms with Crippen molar-refractivity contribution in [2.75, 3.05) is 52.2 Å². The van der Waals surface area contributed by atoms with Gasteiger partial charge in [-0.15, -0.1) is 0 Å². The molecule has 0 radical (unpaired) electrons. The van der Waals surface area contributed by atoms with Crippen LogP contribution < -0.4 is 34.3 Å². The summed E-state index contributed by atoms with van der Waals surface area (Å²) >= 11 is 1.17. The number of ether oxygens (including phenoxy) is 6. The fourth-order valence-electron chi connectivity index (χ4n) is 5.13. The molecule has 0 saturated carbocycles. The van der Waals surface area contributed by atoms with Crippen LogP contribution in [-0.4, -0.2) is 90.1 Å². The van der Waals surface area contributed by atoms with Gasteiger partial charge in [-0.1, -0.05) is 65.0 Å². The average Bonchev–Trinajstić information content (AvgIpc) is 3.60. The maximum absolute atomic E-state index is 13.2. The third-order valence-electron chi connectivity index (χ3n) is 8.34. The molecule has 2 amide bonds. The Kier molecular flexibility index (Phi) is 16.0. The molecule has 2 aromatic heterocycles. The number of nitrogens with one attached hydrogen (secondary N) is 2. The normalized spacial score (nSPS) is 11.5. The van der Waals surface area contributed by atoms with Crippen LogP contribution in [0.2, 0.25) is 0 Å². The number of methoxy groups -OCH3 is 4. The van der Waals surface area contributed by atoms with Gasteiger partial charge in [0.1, 0.15) is 11.3 Å². The van der Waals surface area contributed by atoms with Gasteiger partial charge in [0.15, 0.2) is 28.7 Å². The highest BCUT2D eigenvalue weighted by atomic mass is 32.1. The molecule has 2 heterocycles. The lowest BCUT2D eigenvalue weighted by Gasteiger charge is -2.30. The van der Waals surface area contributed by atoms with Crippen molar-refractivity contribution in [3.8, 4) is 40.0 Å². The van der Waals surface area contributed by atoms with Crippen molar-refractivity contribution in [2.24, 2.45) is 0 Å². The molecule has 318 valence electrons. The molecule has 0 spiro atoms. The van der Waals surface area contributed by atoms with E-state index in [2.05, 4.69) is 67.1 Å². The predicted molar refractivity (Wildman–Crippen MR) is 227 cm³/mol. The molecule has 0 bridgehead atoms. The lowest BCUT2D eigenvalue weighted by atomic mass is 9.87. The number of phenols is 1. The summed E-state index contributed by atoms with van der Waals surface area (Å²) in [6, 6.07) is 11.2. The Hall–Kier alpha value is -5.51. The molecule has 0 aliphatic rings. The number of anilines is 2. The molecule has 2 aromatic carbocycles. The van der Waals surface area contributed by atoms with Gasteiger partial charge in [-0.3, -0.25) is 4.79 Å². The third kappa shape index (κ3) is 13.3. The number of thiazole rings is 1. The number of benzene rings is 2. The number of nitrogens with zero attached hydrogens (tertiary/aromatic N) is 4. The molecule has 0 aliphatic heterocycles. The summed E-state index contributed by atoms with van der Waals surface area (Å²) in [4.78, 5) is 40.5. The van der Waals surface area contributed by atoms with Crippen LogP contribution in [0.1, 0.15) is 97.8 Å². The summed E-state index contributed by atoms with van der Waals surface area (Å²) in [5, 5.41) is 17.2. The van der Waals surface area contributed by atoms with Crippen molar-refractivity contribution < 1.29 is 43.1 Å². The molecule has 4 aromatic rings. The van der Waals surface area contributed by atoms with E-state index in [-0.39, 0.29) is 56.9 Å². The summed E-state index contributed by atoms with van der Waals surface area (Å²) in [6.45, 7) is 22.5. The van der Waals surface area contributed by atoms with Crippen LogP contribution in [0.5, 0.6) is 40.0 Å². The highest BCUT2D eigenvalue weighted by Gasteiger charge is 2.25. The van der Waals surface area contributed by atoms with Crippen LogP contribution in [0.25, 0.3) is 0 Å². The van der Waals surface area contributed by atoms with Gasteiger partial charge in [0.2, 0.25) is 17.7 Å². The van der Waals surface area contributed by atoms with E-state index >= 15 is 0 Å². The van der Waals surface area contributed by atoms with Crippen molar-refractivity contribution >= 4 is 35.0 Å². The Morgan fingerprint density at radius 3 is 1.81 bits per heavy atom. The molecule has 0 fully saturated rings. The third-order valence-corrected chi connectivity index (χ3v) is 9.06. The molecule has 3 N–H and O–H groups in total. The standard InChI is InChI=1S/C31H44N6O7S.C11H16O2/c1-18(2)37(29(39)44-31(6,7)8)15-14-32-27-35-25(41-10)23(26(36-27)42-11)34-24(38)20-17-45-28(33-20)43-22-16-19(30(3,4)5)12-13-21(22)40-9;1-11(2,3)8-5-6-10(13-4)9(12)7-8/h12-13,16-18H,14-15H2,1-11H3,(H,34,38)(H,32,35,36);5-7,12H,1-4H3. The smallest absolute Gasteiger partial charge is 0.410 e. The Morgan fingerprint density at radius 2 is 1.33 bits per heavy atom. The van der Waals surface area contributed by atoms with E-state index in [1.165, 1.54) is 25.6 Å². The molecule has 0 atom stereocenters. The number of phenolic OH excluding ortho intramolecular Hbond substituents is 1. The number of aromatic hydroxyl groups is 1. The number of rotatable bonds is 13. The number of aromatic nitrogens is 3. The largest absolute Gasteiger partial charge is 0.504 e. The molecule has 58 heavy (non-hydrogen) atoms. The molecular weight excluding hydrogens is 765 g/mol. The number of carbonyl (C=O) groups is 2. The van der Waals surface area contributed by atoms with Gasteiger partial charge in [-0.2, -0.15) is 15.0 Å². The zero-order valence-electron chi connectivity index (χ0n) is 36.4. The van der Waals surface area contributed by atoms with Crippen LogP contribution in [-0.2, 0) is 15.6 Å². The minimum absolute atomic E-state index is 0.0593. The molecule has 0 saturated heterocycles. The first-order valence-electron chi connectivity index (χ1n) is 18.8. The maximum Gasteiger partial charge on any atom is 0.410 e. The van der Waals surface area contributed by atoms with Crippen LogP contribution in [0.3, 0.4) is 0 Å². The van der Waals surface area contributed by atoms with Crippen molar-refractivity contribution in [2.45, 2.75) is 98.6 Å². The summed E-state index contributed by atoms with van der Waals surface area (Å²) in [7, 11) is 5.94. The van der Waals surface area contributed by atoms with Gasteiger partial charge < -0.3 is 49.1 Å². The molecule has 0 aliphatic carbocycles. The summed E-state index contributed by atoms with van der Waals surface area (Å²) < 4.78 is 32.8. The second-order valence-corrected chi connectivity index (χ2v) is 17.3. The first-order valence-corrected chi connectivity index (χ1v) is 19.6. The zero-order chi connectivity index (χ0) is 43.6. The van der Waals surface area contributed by atoms with Gasteiger partial charge in [-0.25, -0.2) is 4.79 Å². The van der Waals surface area contributed by atoms with E-state index in [1.807, 2.05) is 58.9 Å². The van der Waals surface area contributed by atoms with Crippen molar-refractivity contribution in [1.82, 2.24) is 19.9 Å². The van der Waals surface area contributed by atoms with Gasteiger partial charge in [0.05, 0.1) is 28.4 Å². The number of carbonyl (C=O) groups excluding carboxylic acids is 2. The molecule has 15 nitrogen and oxygen atoms in total. The van der Waals surface area contributed by atoms with E-state index < -0.39 is 17.6 Å². The van der Waals surface area contributed by atoms with Crippen molar-refractivity contribution in [3.63, 3.8) is 0 Å². The molecule has 4 rings (SSSR count). The number of hydrogen-bond donors (Lipinski definition) is 3. The van der Waals surface area contributed by atoms with Crippen molar-refractivity contribution in [3.05, 3.63) is 58.6 Å². The van der Waals surface area contributed by atoms with E-state index in [1.54, 1.807) is 36.6 Å². The van der Waals surface area contributed by atoms with E-state index in [9.17, 15) is 14.7 Å². The van der Waals surface area contributed by atoms with Gasteiger partial charge in [-0.05, 0) is 80.8 Å². The fraction of sp³-hybridized carbons (Fsp3) is 0.500. The van der Waals surface area contributed by atoms with E-state index in [0.717, 1.165) is 11.1 Å².